The fraction of sp³-hybridized carbons (Fsp3) is 0.435. The molecule has 3 saturated carbocycles. The van der Waals surface area contributed by atoms with E-state index in [2.05, 4.69) is 4.98 Å². The molecule has 0 N–H and O–H groups in total. The summed E-state index contributed by atoms with van der Waals surface area (Å²) >= 11 is 5.61. The Labute approximate surface area is 186 Å². The summed E-state index contributed by atoms with van der Waals surface area (Å²) in [4.78, 5) is 28.3. The van der Waals surface area contributed by atoms with Gasteiger partial charge >= 0.3 is 6.18 Å². The van der Waals surface area contributed by atoms with E-state index in [1.165, 1.54) is 18.2 Å². The van der Waals surface area contributed by atoms with Crippen LogP contribution in [0.1, 0.15) is 43.4 Å². The molecule has 0 atom stereocenters. The predicted octanol–water partition coefficient (Wildman–Crippen LogP) is 5.60. The van der Waals surface area contributed by atoms with Crippen molar-refractivity contribution in [3.63, 3.8) is 0 Å². The van der Waals surface area contributed by atoms with Crippen LogP contribution in [0, 0.1) is 16.6 Å². The number of carbonyl (C=O) groups excluding carboxylic acids is 2. The first kappa shape index (κ1) is 22.7. The van der Waals surface area contributed by atoms with E-state index in [4.69, 9.17) is 16.3 Å². The predicted molar refractivity (Wildman–Crippen MR) is 108 cm³/mol. The molecule has 0 unspecified atom stereocenters. The maximum Gasteiger partial charge on any atom is 0.433 e. The molecule has 5 rings (SSSR count). The fourth-order valence-electron chi connectivity index (χ4n) is 4.94. The van der Waals surface area contributed by atoms with Crippen LogP contribution in [0.5, 0.6) is 5.75 Å². The van der Waals surface area contributed by atoms with Gasteiger partial charge in [0.25, 0.3) is 0 Å². The van der Waals surface area contributed by atoms with E-state index in [9.17, 15) is 27.2 Å². The van der Waals surface area contributed by atoms with Crippen LogP contribution in [-0.2, 0) is 22.2 Å². The molecular formula is C23H20ClF4NO3. The minimum Gasteiger partial charge on any atom is -0.486 e. The van der Waals surface area contributed by atoms with Crippen LogP contribution in [0.25, 0.3) is 0 Å². The van der Waals surface area contributed by atoms with E-state index in [-0.39, 0.29) is 40.8 Å². The summed E-state index contributed by atoms with van der Waals surface area (Å²) in [5.41, 5.74) is -0.945. The molecule has 1 aromatic heterocycles. The number of ether oxygens (including phenoxy) is 1. The molecule has 3 aliphatic carbocycles. The topological polar surface area (TPSA) is 56.3 Å². The standard InChI is InChI=1S/C23H20ClF4NO3/c24-17-4-3-16(7-18(17)25)32-10-15(30)8-21-11-22(12-21,13-21)20(31)6-2-14-1-5-19(29-9-14)23(26,27)28/h1,3-5,7,9H,2,6,8,10-13H2. The van der Waals surface area contributed by atoms with Crippen LogP contribution in [-0.4, -0.2) is 23.2 Å². The summed E-state index contributed by atoms with van der Waals surface area (Å²) in [5, 5.41) is -0.0258. The number of hydrogen-bond donors (Lipinski definition) is 0. The van der Waals surface area contributed by atoms with Crippen LogP contribution >= 0.6 is 11.6 Å². The van der Waals surface area contributed by atoms with Gasteiger partial charge in [0, 0.05) is 30.5 Å². The minimum atomic E-state index is -4.48. The van der Waals surface area contributed by atoms with Gasteiger partial charge in [-0.3, -0.25) is 14.6 Å². The van der Waals surface area contributed by atoms with E-state index in [1.54, 1.807) is 0 Å². The Balaban J connectivity index is 1.20. The Bertz CT molecular complexity index is 1030. The Hall–Kier alpha value is -2.48. The molecule has 1 aromatic carbocycles. The maximum absolute atomic E-state index is 13.4. The molecular weight excluding hydrogens is 450 g/mol. The second-order valence-electron chi connectivity index (χ2n) is 8.86. The Kier molecular flexibility index (Phi) is 5.77. The van der Waals surface area contributed by atoms with Crippen LogP contribution < -0.4 is 4.74 Å². The molecule has 0 aliphatic heterocycles. The lowest BCUT2D eigenvalue weighted by Crippen LogP contribution is -2.65. The van der Waals surface area contributed by atoms with E-state index >= 15 is 0 Å². The van der Waals surface area contributed by atoms with E-state index in [0.717, 1.165) is 18.3 Å². The lowest BCUT2D eigenvalue weighted by molar-refractivity contribution is -0.208. The SMILES string of the molecule is O=C(COc1ccc(Cl)c(F)c1)CC12CC(C(=O)CCc3ccc(C(F)(F)F)nc3)(C1)C2. The second-order valence-corrected chi connectivity index (χ2v) is 9.27. The van der Waals surface area contributed by atoms with Crippen molar-refractivity contribution in [1.82, 2.24) is 4.98 Å². The molecule has 2 aromatic rings. The number of hydrogen-bond acceptors (Lipinski definition) is 4. The third-order valence-electron chi connectivity index (χ3n) is 6.35. The van der Waals surface area contributed by atoms with Gasteiger partial charge in [-0.15, -0.1) is 0 Å². The molecule has 9 heteroatoms. The Morgan fingerprint density at radius 3 is 2.44 bits per heavy atom. The van der Waals surface area contributed by atoms with Crippen LogP contribution in [0.15, 0.2) is 36.5 Å². The van der Waals surface area contributed by atoms with Gasteiger partial charge in [-0.25, -0.2) is 4.39 Å². The van der Waals surface area contributed by atoms with Crippen molar-refractivity contribution in [2.45, 2.75) is 44.7 Å². The van der Waals surface area contributed by atoms with Crippen molar-refractivity contribution in [2.24, 2.45) is 10.8 Å². The van der Waals surface area contributed by atoms with Crippen molar-refractivity contribution >= 4 is 23.2 Å². The minimum absolute atomic E-state index is 0.0258. The highest BCUT2D eigenvalue weighted by molar-refractivity contribution is 6.30. The van der Waals surface area contributed by atoms with Gasteiger partial charge in [0.2, 0.25) is 0 Å². The van der Waals surface area contributed by atoms with Gasteiger partial charge in [-0.2, -0.15) is 13.2 Å². The number of aromatic nitrogens is 1. The first-order valence-corrected chi connectivity index (χ1v) is 10.5. The number of rotatable bonds is 9. The zero-order valence-corrected chi connectivity index (χ0v) is 17.7. The maximum atomic E-state index is 13.4. The van der Waals surface area contributed by atoms with Crippen LogP contribution in [0.2, 0.25) is 5.02 Å². The zero-order valence-electron chi connectivity index (χ0n) is 17.0. The molecule has 0 amide bonds. The molecule has 1 heterocycles. The molecule has 3 aliphatic rings. The largest absolute Gasteiger partial charge is 0.486 e. The molecule has 0 spiro atoms. The first-order valence-electron chi connectivity index (χ1n) is 10.2. The summed E-state index contributed by atoms with van der Waals surface area (Å²) in [6.45, 7) is -0.176. The smallest absolute Gasteiger partial charge is 0.433 e. The van der Waals surface area contributed by atoms with Crippen molar-refractivity contribution in [2.75, 3.05) is 6.61 Å². The summed E-state index contributed by atoms with van der Waals surface area (Å²) in [5.74, 6) is -0.428. The molecule has 3 fully saturated rings. The quantitative estimate of drug-likeness (QED) is 0.448. The van der Waals surface area contributed by atoms with Crippen molar-refractivity contribution in [1.29, 1.82) is 0 Å². The van der Waals surface area contributed by atoms with Gasteiger partial charge in [0.15, 0.2) is 5.78 Å². The molecule has 32 heavy (non-hydrogen) atoms. The van der Waals surface area contributed by atoms with E-state index in [1.807, 2.05) is 0 Å². The van der Waals surface area contributed by atoms with Crippen molar-refractivity contribution in [3.05, 3.63) is 58.6 Å². The van der Waals surface area contributed by atoms with Gasteiger partial charge in [0.1, 0.15) is 29.7 Å². The molecule has 0 saturated heterocycles. The summed E-state index contributed by atoms with van der Waals surface area (Å²) in [6, 6.07) is 6.23. The average Bonchev–Trinajstić information content (AvgIpc) is 2.68. The van der Waals surface area contributed by atoms with E-state index in [0.29, 0.717) is 37.7 Å². The van der Waals surface area contributed by atoms with Gasteiger partial charge in [-0.05, 0) is 54.9 Å². The number of pyridine rings is 1. The highest BCUT2D eigenvalue weighted by Crippen LogP contribution is 2.75. The average molecular weight is 470 g/mol. The Morgan fingerprint density at radius 1 is 1.12 bits per heavy atom. The lowest BCUT2D eigenvalue weighted by Gasteiger charge is -2.70. The Morgan fingerprint density at radius 2 is 1.84 bits per heavy atom. The van der Waals surface area contributed by atoms with Crippen LogP contribution in [0.3, 0.4) is 0 Å². The summed E-state index contributed by atoms with van der Waals surface area (Å²) < 4.78 is 56.5. The van der Waals surface area contributed by atoms with E-state index < -0.39 is 23.1 Å². The number of nitrogens with zero attached hydrogens (tertiary/aromatic N) is 1. The molecule has 2 bridgehead atoms. The third-order valence-corrected chi connectivity index (χ3v) is 6.66. The van der Waals surface area contributed by atoms with Gasteiger partial charge in [0.05, 0.1) is 5.02 Å². The number of ketones is 2. The number of Topliss-reactive ketones (excluding diaryl/α,β-unsaturated/α-hetero) is 2. The number of halogens is 5. The monoisotopic (exact) mass is 469 g/mol. The highest BCUT2D eigenvalue weighted by Gasteiger charge is 2.70. The van der Waals surface area contributed by atoms with Crippen LogP contribution in [0.4, 0.5) is 17.6 Å². The lowest BCUT2D eigenvalue weighted by atomic mass is 9.33. The summed E-state index contributed by atoms with van der Waals surface area (Å²) in [7, 11) is 0. The van der Waals surface area contributed by atoms with Crippen molar-refractivity contribution in [3.8, 4) is 5.75 Å². The first-order chi connectivity index (χ1) is 15.0. The number of carbonyl (C=O) groups is 2. The van der Waals surface area contributed by atoms with Crippen molar-refractivity contribution < 1.29 is 31.9 Å². The number of benzene rings is 1. The normalized spacial score (nSPS) is 23.8. The number of alkyl halides is 3. The molecule has 170 valence electrons. The highest BCUT2D eigenvalue weighted by atomic mass is 35.5. The van der Waals surface area contributed by atoms with Gasteiger partial charge in [-0.1, -0.05) is 17.7 Å². The van der Waals surface area contributed by atoms with Gasteiger partial charge < -0.3 is 4.74 Å². The molecule has 0 radical (unpaired) electrons. The number of aryl methyl sites for hydroxylation is 1. The molecule has 4 nitrogen and oxygen atoms in total. The zero-order chi connectivity index (χ0) is 23.1. The third kappa shape index (κ3) is 4.51. The fourth-order valence-corrected chi connectivity index (χ4v) is 5.06. The summed E-state index contributed by atoms with van der Waals surface area (Å²) in [6.07, 6.45) is -0.512. The second kappa shape index (κ2) is 8.14.